The van der Waals surface area contributed by atoms with Crippen molar-refractivity contribution in [2.75, 3.05) is 13.1 Å². The van der Waals surface area contributed by atoms with Crippen molar-refractivity contribution in [3.8, 4) is 6.07 Å². The second kappa shape index (κ2) is 4.73. The molecule has 0 aromatic rings. The Labute approximate surface area is 72.7 Å². The molecule has 68 valence electrons. The van der Waals surface area contributed by atoms with Crippen LogP contribution in [0.2, 0.25) is 0 Å². The van der Waals surface area contributed by atoms with Gasteiger partial charge in [-0.2, -0.15) is 5.26 Å². The number of rotatable bonds is 5. The van der Waals surface area contributed by atoms with Crippen molar-refractivity contribution in [3.05, 3.63) is 0 Å². The van der Waals surface area contributed by atoms with Gasteiger partial charge in [0.1, 0.15) is 0 Å². The Morgan fingerprint density at radius 2 is 2.25 bits per heavy atom. The third-order valence-electron chi connectivity index (χ3n) is 1.53. The Morgan fingerprint density at radius 3 is 2.67 bits per heavy atom. The number of nitrogens with two attached hydrogens (primary N) is 1. The number of carbonyl (C=O) groups is 1. The highest BCUT2D eigenvalue weighted by Crippen LogP contribution is 2.16. The molecule has 0 bridgehead atoms. The van der Waals surface area contributed by atoms with Crippen molar-refractivity contribution in [1.29, 1.82) is 5.26 Å². The summed E-state index contributed by atoms with van der Waals surface area (Å²) in [6.07, 6.45) is 0.719. The second-order valence-corrected chi connectivity index (χ2v) is 3.39. The molecule has 0 heterocycles. The first-order valence-electron chi connectivity index (χ1n) is 3.88. The maximum Gasteiger partial charge on any atom is 0.231 e. The Balaban J connectivity index is 3.45. The number of primary amides is 1. The molecule has 1 amide bonds. The van der Waals surface area contributed by atoms with E-state index in [0.29, 0.717) is 6.54 Å². The van der Waals surface area contributed by atoms with E-state index in [0.717, 1.165) is 6.42 Å². The van der Waals surface area contributed by atoms with Crippen molar-refractivity contribution >= 4 is 5.91 Å². The first-order valence-corrected chi connectivity index (χ1v) is 3.88. The first kappa shape index (κ1) is 10.9. The molecule has 0 spiro atoms. The van der Waals surface area contributed by atoms with E-state index in [1.165, 1.54) is 0 Å². The lowest BCUT2D eigenvalue weighted by molar-refractivity contribution is -0.117. The fourth-order valence-electron chi connectivity index (χ4n) is 0.668. The third-order valence-corrected chi connectivity index (χ3v) is 1.53. The van der Waals surface area contributed by atoms with Gasteiger partial charge in [0.2, 0.25) is 5.91 Å². The average molecular weight is 169 g/mol. The number of carbonyl (C=O) groups excluding carboxylic acids is 1. The summed E-state index contributed by atoms with van der Waals surface area (Å²) in [5.41, 5.74) is 4.58. The van der Waals surface area contributed by atoms with Crippen LogP contribution in [-0.2, 0) is 4.79 Å². The Hall–Kier alpha value is -1.08. The van der Waals surface area contributed by atoms with Crippen molar-refractivity contribution < 1.29 is 4.79 Å². The van der Waals surface area contributed by atoms with Crippen LogP contribution in [-0.4, -0.2) is 19.0 Å². The molecule has 4 nitrogen and oxygen atoms in total. The smallest absolute Gasteiger partial charge is 0.231 e. The van der Waals surface area contributed by atoms with Gasteiger partial charge in [0.05, 0.1) is 18.0 Å². The zero-order valence-electron chi connectivity index (χ0n) is 7.55. The summed E-state index contributed by atoms with van der Waals surface area (Å²) >= 11 is 0. The number of nitriles is 1. The van der Waals surface area contributed by atoms with E-state index in [9.17, 15) is 4.79 Å². The highest BCUT2D eigenvalue weighted by atomic mass is 16.1. The molecule has 3 N–H and O–H groups in total. The number of hydrogen-bond donors (Lipinski definition) is 2. The second-order valence-electron chi connectivity index (χ2n) is 3.39. The SMILES string of the molecule is CC(C)(C#N)CCNCC(N)=O. The summed E-state index contributed by atoms with van der Waals surface area (Å²) in [7, 11) is 0. The summed E-state index contributed by atoms with van der Waals surface area (Å²) in [5.74, 6) is -0.371. The number of amides is 1. The number of nitrogens with zero attached hydrogens (tertiary/aromatic N) is 1. The lowest BCUT2D eigenvalue weighted by Crippen LogP contribution is -2.30. The molecule has 0 atom stereocenters. The minimum absolute atomic E-state index is 0.182. The standard InChI is InChI=1S/C8H15N3O/c1-8(2,6-9)3-4-11-5-7(10)12/h11H,3-5H2,1-2H3,(H2,10,12). The van der Waals surface area contributed by atoms with Crippen LogP contribution < -0.4 is 11.1 Å². The minimum atomic E-state index is -0.371. The van der Waals surface area contributed by atoms with E-state index in [4.69, 9.17) is 11.0 Å². The molecule has 0 saturated heterocycles. The van der Waals surface area contributed by atoms with Crippen LogP contribution in [0.25, 0.3) is 0 Å². The minimum Gasteiger partial charge on any atom is -0.369 e. The third kappa shape index (κ3) is 5.69. The van der Waals surface area contributed by atoms with Gasteiger partial charge in [-0.1, -0.05) is 0 Å². The van der Waals surface area contributed by atoms with E-state index in [2.05, 4.69) is 11.4 Å². The molecule has 0 aliphatic carbocycles. The van der Waals surface area contributed by atoms with Crippen molar-refractivity contribution in [1.82, 2.24) is 5.32 Å². The van der Waals surface area contributed by atoms with Gasteiger partial charge in [0.25, 0.3) is 0 Å². The molecule has 0 unspecified atom stereocenters. The highest BCUT2D eigenvalue weighted by Gasteiger charge is 2.15. The lowest BCUT2D eigenvalue weighted by Gasteiger charge is -2.14. The summed E-state index contributed by atoms with van der Waals surface area (Å²) in [4.78, 5) is 10.3. The highest BCUT2D eigenvalue weighted by molar-refractivity contribution is 5.75. The summed E-state index contributed by atoms with van der Waals surface area (Å²) in [6.45, 7) is 4.54. The molecule has 12 heavy (non-hydrogen) atoms. The molecule has 0 radical (unpaired) electrons. The largest absolute Gasteiger partial charge is 0.369 e. The molecule has 0 aliphatic heterocycles. The molecule has 0 rings (SSSR count). The molecule has 0 fully saturated rings. The van der Waals surface area contributed by atoms with Crippen LogP contribution in [0.1, 0.15) is 20.3 Å². The number of hydrogen-bond acceptors (Lipinski definition) is 3. The molecule has 0 aromatic heterocycles. The summed E-state index contributed by atoms with van der Waals surface area (Å²) < 4.78 is 0. The fourth-order valence-corrected chi connectivity index (χ4v) is 0.668. The van der Waals surface area contributed by atoms with Crippen molar-refractivity contribution in [2.24, 2.45) is 11.1 Å². The predicted octanol–water partition coefficient (Wildman–Crippen LogP) is 0.00118. The molecule has 0 aliphatic rings. The van der Waals surface area contributed by atoms with Crippen molar-refractivity contribution in [3.63, 3.8) is 0 Å². The van der Waals surface area contributed by atoms with E-state index >= 15 is 0 Å². The molecule has 4 heteroatoms. The lowest BCUT2D eigenvalue weighted by atomic mass is 9.92. The molecular formula is C8H15N3O. The van der Waals surface area contributed by atoms with Gasteiger partial charge in [-0.25, -0.2) is 0 Å². The zero-order chi connectivity index (χ0) is 9.61. The Bertz CT molecular complexity index is 193. The monoisotopic (exact) mass is 169 g/mol. The maximum absolute atomic E-state index is 10.3. The zero-order valence-corrected chi connectivity index (χ0v) is 7.55. The summed E-state index contributed by atoms with van der Waals surface area (Å²) in [6, 6.07) is 2.17. The van der Waals surface area contributed by atoms with Gasteiger partial charge in [0, 0.05) is 0 Å². The van der Waals surface area contributed by atoms with Crippen LogP contribution in [0, 0.1) is 16.7 Å². The quantitative estimate of drug-likeness (QED) is 0.568. The average Bonchev–Trinajstić information content (AvgIpc) is 1.98. The van der Waals surface area contributed by atoms with E-state index in [-0.39, 0.29) is 17.9 Å². The van der Waals surface area contributed by atoms with Crippen LogP contribution in [0.15, 0.2) is 0 Å². The van der Waals surface area contributed by atoms with Crippen LogP contribution in [0.3, 0.4) is 0 Å². The van der Waals surface area contributed by atoms with Gasteiger partial charge in [-0.15, -0.1) is 0 Å². The van der Waals surface area contributed by atoms with Gasteiger partial charge in [-0.05, 0) is 26.8 Å². The van der Waals surface area contributed by atoms with Crippen LogP contribution in [0.5, 0.6) is 0 Å². The van der Waals surface area contributed by atoms with Crippen LogP contribution >= 0.6 is 0 Å². The van der Waals surface area contributed by atoms with Gasteiger partial charge in [-0.3, -0.25) is 4.79 Å². The predicted molar refractivity (Wildman–Crippen MR) is 46.1 cm³/mol. The topological polar surface area (TPSA) is 78.9 Å². The number of nitrogens with one attached hydrogen (secondary N) is 1. The Morgan fingerprint density at radius 1 is 1.67 bits per heavy atom. The fraction of sp³-hybridized carbons (Fsp3) is 0.750. The van der Waals surface area contributed by atoms with Crippen LogP contribution in [0.4, 0.5) is 0 Å². The maximum atomic E-state index is 10.3. The molecular weight excluding hydrogens is 154 g/mol. The van der Waals surface area contributed by atoms with E-state index in [1.54, 1.807) is 0 Å². The first-order chi connectivity index (χ1) is 5.48. The van der Waals surface area contributed by atoms with E-state index in [1.807, 2.05) is 13.8 Å². The molecule has 0 aromatic carbocycles. The van der Waals surface area contributed by atoms with Gasteiger partial charge < -0.3 is 11.1 Å². The normalized spacial score (nSPS) is 10.8. The molecule has 0 saturated carbocycles. The summed E-state index contributed by atoms with van der Waals surface area (Å²) in [5, 5.41) is 11.5. The van der Waals surface area contributed by atoms with E-state index < -0.39 is 0 Å². The van der Waals surface area contributed by atoms with Gasteiger partial charge in [0.15, 0.2) is 0 Å². The van der Waals surface area contributed by atoms with Crippen molar-refractivity contribution in [2.45, 2.75) is 20.3 Å². The van der Waals surface area contributed by atoms with Gasteiger partial charge >= 0.3 is 0 Å². The Kier molecular flexibility index (Phi) is 4.30.